The Balaban J connectivity index is 1.55. The highest BCUT2D eigenvalue weighted by Gasteiger charge is 2.40. The average Bonchev–Trinajstić information content (AvgIpc) is 2.99. The summed E-state index contributed by atoms with van der Waals surface area (Å²) in [5.41, 5.74) is 5.63. The Bertz CT molecular complexity index is 1450. The van der Waals surface area contributed by atoms with Crippen LogP contribution in [0.5, 0.6) is 0 Å². The number of benzene rings is 2. The minimum atomic E-state index is -4.23. The topological polar surface area (TPSA) is 175 Å². The second-order valence-corrected chi connectivity index (χ2v) is 13.2. The number of nitrogens with zero attached hydrogens (tertiary/aromatic N) is 2. The average molecular weight is 615 g/mol. The molecule has 2 aliphatic rings. The zero-order valence-corrected chi connectivity index (χ0v) is 25.6. The summed E-state index contributed by atoms with van der Waals surface area (Å²) in [5, 5.41) is 12.1. The highest BCUT2D eigenvalue weighted by molar-refractivity contribution is 7.89. The molecule has 0 aromatic heterocycles. The Kier molecular flexibility index (Phi) is 10.6. The van der Waals surface area contributed by atoms with Crippen molar-refractivity contribution in [3.8, 4) is 0 Å². The molecule has 43 heavy (non-hydrogen) atoms. The Hall–Kier alpha value is -3.71. The number of nitrogens with two attached hydrogens (primary N) is 1. The van der Waals surface area contributed by atoms with Gasteiger partial charge in [-0.25, -0.2) is 13.2 Å². The first-order chi connectivity index (χ1) is 20.5. The number of nitrogens with one attached hydrogen (secondary N) is 3. The van der Waals surface area contributed by atoms with Gasteiger partial charge in [0.1, 0.15) is 12.1 Å². The van der Waals surface area contributed by atoms with Gasteiger partial charge < -0.3 is 25.6 Å². The van der Waals surface area contributed by atoms with Gasteiger partial charge in [-0.05, 0) is 67.3 Å². The van der Waals surface area contributed by atoms with Crippen LogP contribution in [-0.4, -0.2) is 86.8 Å². The van der Waals surface area contributed by atoms with Crippen molar-refractivity contribution in [2.24, 2.45) is 17.6 Å². The summed E-state index contributed by atoms with van der Waals surface area (Å²) in [7, 11) is -4.23. The van der Waals surface area contributed by atoms with Crippen LogP contribution < -0.4 is 15.8 Å². The van der Waals surface area contributed by atoms with E-state index in [1.54, 1.807) is 30.0 Å². The molecule has 234 valence electrons. The first-order valence-electron chi connectivity index (χ1n) is 14.8. The number of rotatable bonds is 10. The highest BCUT2D eigenvalue weighted by Crippen LogP contribution is 2.26. The van der Waals surface area contributed by atoms with Crippen LogP contribution in [0.25, 0.3) is 10.8 Å². The Morgan fingerprint density at radius 3 is 2.58 bits per heavy atom. The van der Waals surface area contributed by atoms with Gasteiger partial charge in [0.2, 0.25) is 21.8 Å². The summed E-state index contributed by atoms with van der Waals surface area (Å²) in [6, 6.07) is 9.67. The fraction of sp³-hybridized carbons (Fsp3) is 0.533. The maximum Gasteiger partial charge on any atom is 0.328 e. The number of carbonyl (C=O) groups is 3. The van der Waals surface area contributed by atoms with E-state index in [0.29, 0.717) is 37.9 Å². The van der Waals surface area contributed by atoms with E-state index in [0.717, 1.165) is 18.2 Å². The maximum atomic E-state index is 14.0. The lowest BCUT2D eigenvalue weighted by Gasteiger charge is -2.38. The van der Waals surface area contributed by atoms with E-state index < -0.39 is 46.3 Å². The molecule has 13 heteroatoms. The molecule has 2 fully saturated rings. The van der Waals surface area contributed by atoms with E-state index >= 15 is 0 Å². The molecule has 1 unspecified atom stereocenters. The van der Waals surface area contributed by atoms with Crippen LogP contribution in [0.15, 0.2) is 47.4 Å². The van der Waals surface area contributed by atoms with Gasteiger partial charge in [0.25, 0.3) is 0 Å². The van der Waals surface area contributed by atoms with Crippen LogP contribution in [-0.2, 0) is 29.1 Å². The van der Waals surface area contributed by atoms with Crippen molar-refractivity contribution in [3.63, 3.8) is 0 Å². The third-order valence-electron chi connectivity index (χ3n) is 8.17. The molecule has 2 saturated heterocycles. The largest absolute Gasteiger partial charge is 0.464 e. The number of guanidine groups is 1. The van der Waals surface area contributed by atoms with Crippen LogP contribution in [0, 0.1) is 17.2 Å². The van der Waals surface area contributed by atoms with Gasteiger partial charge in [-0.2, -0.15) is 4.72 Å². The van der Waals surface area contributed by atoms with Crippen molar-refractivity contribution in [3.05, 3.63) is 42.5 Å². The summed E-state index contributed by atoms with van der Waals surface area (Å²) in [4.78, 5) is 43.0. The van der Waals surface area contributed by atoms with Crippen molar-refractivity contribution in [2.45, 2.75) is 62.9 Å². The minimum absolute atomic E-state index is 0.0169. The molecule has 0 spiro atoms. The zero-order valence-electron chi connectivity index (χ0n) is 24.8. The third kappa shape index (κ3) is 8.23. The summed E-state index contributed by atoms with van der Waals surface area (Å²) in [5.74, 6) is -1.49. The molecule has 2 amide bonds. The van der Waals surface area contributed by atoms with Crippen molar-refractivity contribution in [2.75, 3.05) is 32.8 Å². The Labute approximate surface area is 252 Å². The molecule has 4 rings (SSSR count). The van der Waals surface area contributed by atoms with Gasteiger partial charge in [-0.1, -0.05) is 37.3 Å². The van der Waals surface area contributed by atoms with Crippen LogP contribution in [0.3, 0.4) is 0 Å². The van der Waals surface area contributed by atoms with E-state index in [1.807, 2.05) is 19.1 Å². The number of sulfonamides is 1. The monoisotopic (exact) mass is 614 g/mol. The molecule has 12 nitrogen and oxygen atoms in total. The van der Waals surface area contributed by atoms with Crippen molar-refractivity contribution in [1.29, 1.82) is 5.41 Å². The summed E-state index contributed by atoms with van der Waals surface area (Å²) >= 11 is 0. The highest BCUT2D eigenvalue weighted by atomic mass is 32.2. The SMILES string of the molecule is CCOC(=O)C1C[C@H](C)CCN1C(=O)[C@H](CC(=O)NC[C@@H]1CCCN(C(=N)N)C1)NS(=O)(=O)c1ccc2ccccc2c1. The number of carbonyl (C=O) groups excluding carboxylic acids is 3. The number of likely N-dealkylation sites (tertiary alicyclic amines) is 2. The number of amides is 2. The van der Waals surface area contributed by atoms with Gasteiger partial charge in [0.05, 0.1) is 17.9 Å². The van der Waals surface area contributed by atoms with E-state index in [9.17, 15) is 22.8 Å². The lowest BCUT2D eigenvalue weighted by Crippen LogP contribution is -2.57. The maximum absolute atomic E-state index is 14.0. The normalized spacial score (nSPS) is 21.7. The van der Waals surface area contributed by atoms with E-state index in [2.05, 4.69) is 10.0 Å². The third-order valence-corrected chi connectivity index (χ3v) is 9.64. The minimum Gasteiger partial charge on any atom is -0.464 e. The van der Waals surface area contributed by atoms with Crippen LogP contribution in [0.2, 0.25) is 0 Å². The molecule has 0 bridgehead atoms. The lowest BCUT2D eigenvalue weighted by molar-refractivity contribution is -0.158. The standard InChI is InChI=1S/C30H42N6O6S/c1-3-42-29(39)26-15-20(2)12-14-36(26)28(38)25(17-27(37)33-18-21-7-6-13-35(19-21)30(31)32)34-43(40,41)24-11-10-22-8-4-5-9-23(22)16-24/h4-5,8-11,16,20-21,25-26,34H,3,6-7,12-15,17-19H2,1-2H3,(H3,31,32)(H,33,37)/t20-,21+,25+,26?/m1/s1. The molecule has 0 aliphatic carbocycles. The van der Waals surface area contributed by atoms with Crippen LogP contribution in [0.1, 0.15) is 46.0 Å². The van der Waals surface area contributed by atoms with Crippen LogP contribution >= 0.6 is 0 Å². The van der Waals surface area contributed by atoms with Gasteiger partial charge in [0, 0.05) is 26.2 Å². The smallest absolute Gasteiger partial charge is 0.328 e. The molecule has 5 N–H and O–H groups in total. The number of piperidine rings is 2. The molecule has 2 aromatic carbocycles. The molecule has 0 radical (unpaired) electrons. The predicted molar refractivity (Wildman–Crippen MR) is 162 cm³/mol. The Morgan fingerprint density at radius 2 is 1.86 bits per heavy atom. The van der Waals surface area contributed by atoms with Crippen molar-refractivity contribution < 1.29 is 27.5 Å². The fourth-order valence-corrected chi connectivity index (χ4v) is 7.03. The summed E-state index contributed by atoms with van der Waals surface area (Å²) in [6.07, 6.45) is 2.24. The number of ether oxygens (including phenoxy) is 1. The lowest BCUT2D eigenvalue weighted by atomic mass is 9.91. The first-order valence-corrected chi connectivity index (χ1v) is 16.3. The second kappa shape index (κ2) is 14.2. The number of hydrogen-bond donors (Lipinski definition) is 4. The second-order valence-electron chi connectivity index (χ2n) is 11.5. The fourth-order valence-electron chi connectivity index (χ4n) is 5.80. The predicted octanol–water partition coefficient (Wildman–Crippen LogP) is 1.79. The van der Waals surface area contributed by atoms with Gasteiger partial charge in [0.15, 0.2) is 5.96 Å². The summed E-state index contributed by atoms with van der Waals surface area (Å²) < 4.78 is 34.9. The summed E-state index contributed by atoms with van der Waals surface area (Å²) in [6.45, 7) is 5.57. The quantitative estimate of drug-likeness (QED) is 0.178. The molecule has 4 atom stereocenters. The first kappa shape index (κ1) is 32.2. The zero-order chi connectivity index (χ0) is 31.1. The molecular formula is C30H42N6O6S. The van der Waals surface area contributed by atoms with Crippen molar-refractivity contribution >= 4 is 44.5 Å². The van der Waals surface area contributed by atoms with Crippen molar-refractivity contribution in [1.82, 2.24) is 19.8 Å². The van der Waals surface area contributed by atoms with Gasteiger partial charge >= 0.3 is 5.97 Å². The number of hydrogen-bond acceptors (Lipinski definition) is 7. The molecular weight excluding hydrogens is 572 g/mol. The molecule has 0 saturated carbocycles. The molecule has 2 aromatic rings. The molecule has 2 heterocycles. The van der Waals surface area contributed by atoms with E-state index in [4.69, 9.17) is 15.9 Å². The van der Waals surface area contributed by atoms with Gasteiger partial charge in [-0.15, -0.1) is 0 Å². The van der Waals surface area contributed by atoms with E-state index in [1.165, 1.54) is 17.0 Å². The van der Waals surface area contributed by atoms with Gasteiger partial charge in [-0.3, -0.25) is 15.0 Å². The Morgan fingerprint density at radius 1 is 1.12 bits per heavy atom. The van der Waals surface area contributed by atoms with Crippen LogP contribution in [0.4, 0.5) is 0 Å². The van der Waals surface area contributed by atoms with E-state index in [-0.39, 0.29) is 35.8 Å². The number of fused-ring (bicyclic) bond motifs is 1. The number of esters is 1. The molecule has 2 aliphatic heterocycles.